The Morgan fingerprint density at radius 3 is 2.54 bits per heavy atom. The van der Waals surface area contributed by atoms with E-state index in [0.717, 1.165) is 37.0 Å². The van der Waals surface area contributed by atoms with Crippen LogP contribution in [0.4, 0.5) is 4.79 Å². The molecule has 4 aliphatic carbocycles. The summed E-state index contributed by atoms with van der Waals surface area (Å²) in [6, 6.07) is 0. The molecule has 0 aromatic carbocycles. The molecule has 0 bridgehead atoms. The quantitative estimate of drug-likeness (QED) is 0.326. The van der Waals surface area contributed by atoms with Crippen molar-refractivity contribution in [2.75, 3.05) is 6.61 Å². The van der Waals surface area contributed by atoms with Gasteiger partial charge in [0.2, 0.25) is 3.79 Å². The molecule has 28 heavy (non-hydrogen) atoms. The summed E-state index contributed by atoms with van der Waals surface area (Å²) < 4.78 is 8.92. The lowest BCUT2D eigenvalue weighted by atomic mass is 9.45. The van der Waals surface area contributed by atoms with Crippen molar-refractivity contribution in [3.05, 3.63) is 0 Å². The van der Waals surface area contributed by atoms with Crippen molar-refractivity contribution in [2.45, 2.75) is 88.0 Å². The van der Waals surface area contributed by atoms with Gasteiger partial charge >= 0.3 is 6.16 Å². The van der Waals surface area contributed by atoms with Crippen LogP contribution in [0.15, 0.2) is 0 Å². The first-order valence-electron chi connectivity index (χ1n) is 11.0. The van der Waals surface area contributed by atoms with Crippen LogP contribution in [-0.4, -0.2) is 22.7 Å². The molecule has 4 aliphatic rings. The van der Waals surface area contributed by atoms with Crippen LogP contribution in [0, 0.1) is 34.5 Å². The average molecular weight is 452 g/mol. The maximum Gasteiger partial charge on any atom is 0.508 e. The maximum atomic E-state index is 12.0. The highest BCUT2D eigenvalue weighted by Gasteiger charge is 2.58. The van der Waals surface area contributed by atoms with Gasteiger partial charge in [-0.2, -0.15) is 0 Å². The molecule has 0 N–H and O–H groups in total. The number of rotatable bonds is 2. The van der Waals surface area contributed by atoms with Crippen LogP contribution in [0.5, 0.6) is 0 Å². The van der Waals surface area contributed by atoms with Gasteiger partial charge in [-0.25, -0.2) is 4.79 Å². The Balaban J connectivity index is 1.37. The van der Waals surface area contributed by atoms with Gasteiger partial charge in [0, 0.05) is 0 Å². The third-order valence-corrected chi connectivity index (χ3v) is 9.34. The number of ether oxygens (including phenoxy) is 2. The van der Waals surface area contributed by atoms with Crippen LogP contribution in [0.25, 0.3) is 0 Å². The lowest BCUT2D eigenvalue weighted by molar-refractivity contribution is -0.124. The van der Waals surface area contributed by atoms with Crippen LogP contribution in [0.2, 0.25) is 0 Å². The second-order valence-corrected chi connectivity index (χ2v) is 12.9. The first-order valence-corrected chi connectivity index (χ1v) is 12.1. The van der Waals surface area contributed by atoms with Gasteiger partial charge in [-0.3, -0.25) is 0 Å². The minimum Gasteiger partial charge on any atom is -0.431 e. The summed E-state index contributed by atoms with van der Waals surface area (Å²) in [5.41, 5.74) is 1.01. The maximum absolute atomic E-state index is 12.0. The molecule has 0 amide bonds. The fourth-order valence-corrected chi connectivity index (χ4v) is 7.79. The van der Waals surface area contributed by atoms with Gasteiger partial charge in [0.1, 0.15) is 12.7 Å². The van der Waals surface area contributed by atoms with Crippen LogP contribution < -0.4 is 0 Å². The molecule has 4 fully saturated rings. The van der Waals surface area contributed by atoms with Crippen LogP contribution in [-0.2, 0) is 9.47 Å². The second kappa shape index (κ2) is 7.68. The normalized spacial score (nSPS) is 45.5. The number of carbonyl (C=O) groups is 1. The SMILES string of the molecule is CC12CCCC1C1CCC3CC(OC(=O)OCC(Cl)(Cl)Cl)CCC3(C)C1CC2. The minimum atomic E-state index is -1.60. The van der Waals surface area contributed by atoms with Crippen molar-refractivity contribution in [1.82, 2.24) is 0 Å². The summed E-state index contributed by atoms with van der Waals surface area (Å²) in [5.74, 6) is 3.34. The Morgan fingerprint density at radius 2 is 1.79 bits per heavy atom. The molecule has 0 saturated heterocycles. The van der Waals surface area contributed by atoms with Gasteiger partial charge in [0.25, 0.3) is 0 Å². The van der Waals surface area contributed by atoms with Gasteiger partial charge in [0.05, 0.1) is 0 Å². The molecular weight excluding hydrogens is 419 g/mol. The Morgan fingerprint density at radius 1 is 1.00 bits per heavy atom. The minimum absolute atomic E-state index is 0.0714. The van der Waals surface area contributed by atoms with E-state index >= 15 is 0 Å². The predicted molar refractivity (Wildman–Crippen MR) is 113 cm³/mol. The number of halogens is 3. The number of hydrogen-bond donors (Lipinski definition) is 0. The highest BCUT2D eigenvalue weighted by Crippen LogP contribution is 2.66. The smallest absolute Gasteiger partial charge is 0.431 e. The van der Waals surface area contributed by atoms with Gasteiger partial charge in [-0.05, 0) is 92.3 Å². The summed E-state index contributed by atoms with van der Waals surface area (Å²) in [4.78, 5) is 12.0. The first kappa shape index (κ1) is 21.4. The topological polar surface area (TPSA) is 35.5 Å². The standard InChI is InChI=1S/C22H33Cl3O3/c1-20-9-3-4-17(20)16-6-5-14-12-15(28-19(26)27-13-22(23,24)25)7-11-21(14,2)18(16)8-10-20/h14-18H,3-13H2,1-2H3. The lowest BCUT2D eigenvalue weighted by Gasteiger charge is -2.60. The van der Waals surface area contributed by atoms with Gasteiger partial charge < -0.3 is 9.47 Å². The van der Waals surface area contributed by atoms with Gasteiger partial charge in [-0.15, -0.1) is 0 Å². The molecule has 0 heterocycles. The number of fused-ring (bicyclic) bond motifs is 5. The van der Waals surface area contributed by atoms with Crippen molar-refractivity contribution in [3.63, 3.8) is 0 Å². The van der Waals surface area contributed by atoms with E-state index in [2.05, 4.69) is 13.8 Å². The van der Waals surface area contributed by atoms with Gasteiger partial charge in [-0.1, -0.05) is 55.1 Å². The molecule has 0 aromatic rings. The first-order chi connectivity index (χ1) is 13.1. The average Bonchev–Trinajstić information content (AvgIpc) is 3.01. The summed E-state index contributed by atoms with van der Waals surface area (Å²) in [6.45, 7) is 4.81. The summed E-state index contributed by atoms with van der Waals surface area (Å²) in [6.07, 6.45) is 12.0. The summed E-state index contributed by atoms with van der Waals surface area (Å²) in [5, 5.41) is 0. The number of carbonyl (C=O) groups excluding carboxylic acids is 1. The summed E-state index contributed by atoms with van der Waals surface area (Å²) >= 11 is 16.9. The van der Waals surface area contributed by atoms with Crippen molar-refractivity contribution >= 4 is 41.0 Å². The molecule has 7 unspecified atom stereocenters. The van der Waals surface area contributed by atoms with E-state index in [1.54, 1.807) is 0 Å². The molecule has 6 heteroatoms. The number of alkyl halides is 3. The summed E-state index contributed by atoms with van der Waals surface area (Å²) in [7, 11) is 0. The van der Waals surface area contributed by atoms with Gasteiger partial charge in [0.15, 0.2) is 0 Å². The van der Waals surface area contributed by atoms with E-state index in [-0.39, 0.29) is 12.7 Å². The molecule has 4 saturated carbocycles. The molecule has 160 valence electrons. The van der Waals surface area contributed by atoms with Crippen LogP contribution in [0.3, 0.4) is 0 Å². The zero-order chi connectivity index (χ0) is 20.2. The van der Waals surface area contributed by atoms with E-state index in [9.17, 15) is 4.79 Å². The van der Waals surface area contributed by atoms with E-state index in [4.69, 9.17) is 44.3 Å². The highest BCUT2D eigenvalue weighted by molar-refractivity contribution is 6.67. The fourth-order valence-electron chi connectivity index (χ4n) is 7.63. The zero-order valence-corrected chi connectivity index (χ0v) is 19.3. The molecule has 4 rings (SSSR count). The Labute approximate surface area is 184 Å². The molecule has 7 atom stereocenters. The molecular formula is C22H33Cl3O3. The molecule has 0 radical (unpaired) electrons. The Hall–Kier alpha value is 0.140. The predicted octanol–water partition coefficient (Wildman–Crippen LogP) is 7.31. The van der Waals surface area contributed by atoms with Crippen molar-refractivity contribution in [3.8, 4) is 0 Å². The molecule has 0 aliphatic heterocycles. The van der Waals surface area contributed by atoms with Crippen LogP contribution >= 0.6 is 34.8 Å². The third kappa shape index (κ3) is 4.02. The largest absolute Gasteiger partial charge is 0.508 e. The van der Waals surface area contributed by atoms with E-state index in [0.29, 0.717) is 16.7 Å². The monoisotopic (exact) mass is 450 g/mol. The van der Waals surface area contributed by atoms with Crippen LogP contribution in [0.1, 0.15) is 78.1 Å². The van der Waals surface area contributed by atoms with E-state index < -0.39 is 9.95 Å². The number of hydrogen-bond acceptors (Lipinski definition) is 3. The van der Waals surface area contributed by atoms with E-state index in [1.165, 1.54) is 44.9 Å². The third-order valence-electron chi connectivity index (χ3n) is 9.02. The fraction of sp³-hybridized carbons (Fsp3) is 0.955. The molecule has 0 aromatic heterocycles. The second-order valence-electron chi connectivity index (χ2n) is 10.4. The van der Waals surface area contributed by atoms with Crippen molar-refractivity contribution in [1.29, 1.82) is 0 Å². The van der Waals surface area contributed by atoms with Crippen molar-refractivity contribution in [2.24, 2.45) is 34.5 Å². The molecule has 0 spiro atoms. The Bertz CT molecular complexity index is 606. The molecule has 3 nitrogen and oxygen atoms in total. The van der Waals surface area contributed by atoms with E-state index in [1.807, 2.05) is 0 Å². The highest BCUT2D eigenvalue weighted by atomic mass is 35.6. The lowest BCUT2D eigenvalue weighted by Crippen LogP contribution is -2.53. The zero-order valence-electron chi connectivity index (χ0n) is 17.0. The Kier molecular flexibility index (Phi) is 5.86. The van der Waals surface area contributed by atoms with Crippen molar-refractivity contribution < 1.29 is 14.3 Å².